The Morgan fingerprint density at radius 2 is 2.08 bits per heavy atom. The Kier molecular flexibility index (Phi) is 4.47. The first-order valence-corrected chi connectivity index (χ1v) is 3.56. The van der Waals surface area contributed by atoms with Crippen LogP contribution in [-0.4, -0.2) is 11.1 Å². The monoisotopic (exact) mass is 165 g/mol. The van der Waals surface area contributed by atoms with Crippen LogP contribution in [0, 0.1) is 17.2 Å². The molecule has 0 aromatic heterocycles. The molecular formula is C9H11NO2. The zero-order valence-electron chi connectivity index (χ0n) is 6.79. The fourth-order valence-electron chi connectivity index (χ4n) is 0.606. The molecule has 0 aliphatic heterocycles. The zero-order valence-corrected chi connectivity index (χ0v) is 6.79. The number of carbonyl (C=O) groups is 1. The number of rotatable bonds is 2. The summed E-state index contributed by atoms with van der Waals surface area (Å²) in [6.45, 7) is 6.53. The van der Waals surface area contributed by atoms with Crippen molar-refractivity contribution in [2.75, 3.05) is 0 Å². The second kappa shape index (κ2) is 5.14. The molecule has 12 heavy (non-hydrogen) atoms. The maximum Gasteiger partial charge on any atom is 0.331 e. The molecule has 0 unspecified atom stereocenters. The summed E-state index contributed by atoms with van der Waals surface area (Å²) in [5.74, 6) is -0.542. The maximum atomic E-state index is 10.1. The highest BCUT2D eigenvalue weighted by Crippen LogP contribution is 2.35. The van der Waals surface area contributed by atoms with E-state index < -0.39 is 5.97 Å². The van der Waals surface area contributed by atoms with Crippen LogP contribution in [0.4, 0.5) is 0 Å². The van der Waals surface area contributed by atoms with Crippen molar-refractivity contribution >= 4 is 5.97 Å². The molecule has 1 aliphatic rings. The number of nitriles is 1. The Morgan fingerprint density at radius 1 is 1.67 bits per heavy atom. The van der Waals surface area contributed by atoms with Gasteiger partial charge < -0.3 is 5.11 Å². The lowest BCUT2D eigenvalue weighted by molar-refractivity contribution is -0.132. The van der Waals surface area contributed by atoms with E-state index in [4.69, 9.17) is 10.4 Å². The fraction of sp³-hybridized carbons (Fsp3) is 0.333. The normalized spacial score (nSPS) is 13.2. The molecule has 1 N–H and O–H groups in total. The number of nitrogens with zero attached hydrogens (tertiary/aromatic N) is 1. The first-order valence-electron chi connectivity index (χ1n) is 3.56. The summed E-state index contributed by atoms with van der Waals surface area (Å²) in [6.07, 6.45) is 3.22. The highest BCUT2D eigenvalue weighted by atomic mass is 16.4. The van der Waals surface area contributed by atoms with Crippen LogP contribution in [-0.2, 0) is 4.79 Å². The van der Waals surface area contributed by atoms with Crippen LogP contribution in [0.5, 0.6) is 0 Å². The molecule has 3 heteroatoms. The first-order chi connectivity index (χ1) is 5.63. The van der Waals surface area contributed by atoms with Crippen molar-refractivity contribution in [3.05, 3.63) is 24.8 Å². The minimum atomic E-state index is -0.840. The lowest BCUT2D eigenvalue weighted by atomic mass is 10.2. The molecule has 0 saturated heterocycles. The van der Waals surface area contributed by atoms with E-state index in [-0.39, 0.29) is 0 Å². The third-order valence-electron chi connectivity index (χ3n) is 1.44. The van der Waals surface area contributed by atoms with Crippen molar-refractivity contribution in [2.24, 2.45) is 5.92 Å². The van der Waals surface area contributed by atoms with Gasteiger partial charge in [0.2, 0.25) is 0 Å². The van der Waals surface area contributed by atoms with Crippen LogP contribution < -0.4 is 0 Å². The minimum absolute atomic E-state index is 0.299. The molecule has 0 spiro atoms. The summed E-state index contributed by atoms with van der Waals surface area (Å²) in [6, 6.07) is 1.69. The van der Waals surface area contributed by atoms with Crippen molar-refractivity contribution in [1.82, 2.24) is 0 Å². The van der Waals surface area contributed by atoms with Gasteiger partial charge in [0.25, 0.3) is 0 Å². The van der Waals surface area contributed by atoms with E-state index in [2.05, 4.69) is 13.2 Å². The van der Waals surface area contributed by atoms with Gasteiger partial charge in [0, 0.05) is 11.6 Å². The SMILES string of the molecule is C=C(C(=O)O)C1CC1.C=CC#N. The van der Waals surface area contributed by atoms with E-state index in [1.165, 1.54) is 6.08 Å². The van der Waals surface area contributed by atoms with Gasteiger partial charge >= 0.3 is 5.97 Å². The number of aliphatic carboxylic acids is 1. The molecule has 1 rings (SSSR count). The van der Waals surface area contributed by atoms with Gasteiger partial charge in [0.05, 0.1) is 6.07 Å². The molecule has 0 aromatic rings. The predicted molar refractivity (Wildman–Crippen MR) is 45.3 cm³/mol. The largest absolute Gasteiger partial charge is 0.478 e. The van der Waals surface area contributed by atoms with Crippen LogP contribution in [0.1, 0.15) is 12.8 Å². The smallest absolute Gasteiger partial charge is 0.331 e. The topological polar surface area (TPSA) is 61.1 Å². The predicted octanol–water partition coefficient (Wildman–Crippen LogP) is 1.73. The fourth-order valence-corrected chi connectivity index (χ4v) is 0.606. The molecule has 0 radical (unpaired) electrons. The summed E-state index contributed by atoms with van der Waals surface area (Å²) in [5.41, 5.74) is 0.380. The van der Waals surface area contributed by atoms with E-state index in [1.807, 2.05) is 0 Å². The van der Waals surface area contributed by atoms with Gasteiger partial charge in [-0.15, -0.1) is 0 Å². The highest BCUT2D eigenvalue weighted by Gasteiger charge is 2.28. The molecule has 0 bridgehead atoms. The summed E-state index contributed by atoms with van der Waals surface area (Å²) < 4.78 is 0. The highest BCUT2D eigenvalue weighted by molar-refractivity contribution is 5.86. The Labute approximate surface area is 71.6 Å². The number of hydrogen-bond donors (Lipinski definition) is 1. The lowest BCUT2D eigenvalue weighted by Gasteiger charge is -1.90. The van der Waals surface area contributed by atoms with Gasteiger partial charge in [0.1, 0.15) is 0 Å². The van der Waals surface area contributed by atoms with Crippen molar-refractivity contribution in [2.45, 2.75) is 12.8 Å². The third kappa shape index (κ3) is 4.29. The van der Waals surface area contributed by atoms with E-state index in [1.54, 1.807) is 6.07 Å². The average Bonchev–Trinajstić information content (AvgIpc) is 2.86. The van der Waals surface area contributed by atoms with Crippen LogP contribution in [0.15, 0.2) is 24.8 Å². The Morgan fingerprint density at radius 3 is 2.17 bits per heavy atom. The van der Waals surface area contributed by atoms with Crippen molar-refractivity contribution < 1.29 is 9.90 Å². The molecule has 3 nitrogen and oxygen atoms in total. The van der Waals surface area contributed by atoms with Crippen LogP contribution in [0.2, 0.25) is 0 Å². The number of hydrogen-bond acceptors (Lipinski definition) is 2. The average molecular weight is 165 g/mol. The molecular weight excluding hydrogens is 154 g/mol. The molecule has 1 fully saturated rings. The number of carboxylic acids is 1. The van der Waals surface area contributed by atoms with Crippen LogP contribution in [0.3, 0.4) is 0 Å². The molecule has 0 heterocycles. The molecule has 0 amide bonds. The van der Waals surface area contributed by atoms with Gasteiger partial charge in [-0.1, -0.05) is 13.2 Å². The van der Waals surface area contributed by atoms with Gasteiger partial charge in [-0.05, 0) is 18.8 Å². The Hall–Kier alpha value is -1.56. The van der Waals surface area contributed by atoms with E-state index in [0.717, 1.165) is 12.8 Å². The Balaban J connectivity index is 0.000000261. The summed E-state index contributed by atoms with van der Waals surface area (Å²) in [5, 5.41) is 15.8. The number of carboxylic acid groups (broad SMARTS) is 1. The van der Waals surface area contributed by atoms with E-state index in [0.29, 0.717) is 11.5 Å². The summed E-state index contributed by atoms with van der Waals surface area (Å²) in [4.78, 5) is 10.1. The first kappa shape index (κ1) is 10.4. The summed E-state index contributed by atoms with van der Waals surface area (Å²) in [7, 11) is 0. The van der Waals surface area contributed by atoms with Crippen molar-refractivity contribution in [3.63, 3.8) is 0 Å². The van der Waals surface area contributed by atoms with Gasteiger partial charge in [-0.25, -0.2) is 4.79 Å². The minimum Gasteiger partial charge on any atom is -0.478 e. The van der Waals surface area contributed by atoms with Crippen LogP contribution >= 0.6 is 0 Å². The molecule has 0 aromatic carbocycles. The molecule has 1 aliphatic carbocycles. The van der Waals surface area contributed by atoms with Crippen LogP contribution in [0.25, 0.3) is 0 Å². The second-order valence-corrected chi connectivity index (χ2v) is 2.44. The summed E-state index contributed by atoms with van der Waals surface area (Å²) >= 11 is 0. The van der Waals surface area contributed by atoms with E-state index in [9.17, 15) is 4.79 Å². The lowest BCUT2D eigenvalue weighted by Crippen LogP contribution is -1.99. The standard InChI is InChI=1S/C6H8O2.C3H3N/c1-4(6(7)8)5-2-3-5;1-2-3-4/h5H,1-3H2,(H,7,8);2H,1H2. The molecule has 1 saturated carbocycles. The van der Waals surface area contributed by atoms with E-state index >= 15 is 0 Å². The molecule has 64 valence electrons. The Bertz CT molecular complexity index is 233. The van der Waals surface area contributed by atoms with Crippen molar-refractivity contribution in [3.8, 4) is 6.07 Å². The zero-order chi connectivity index (χ0) is 9.56. The quantitative estimate of drug-likeness (QED) is 0.500. The van der Waals surface area contributed by atoms with Gasteiger partial charge in [-0.3, -0.25) is 0 Å². The maximum absolute atomic E-state index is 10.1. The van der Waals surface area contributed by atoms with Gasteiger partial charge in [0.15, 0.2) is 0 Å². The van der Waals surface area contributed by atoms with Crippen molar-refractivity contribution in [1.29, 1.82) is 5.26 Å². The molecule has 0 atom stereocenters. The third-order valence-corrected chi connectivity index (χ3v) is 1.44. The number of allylic oxidation sites excluding steroid dienone is 1. The second-order valence-electron chi connectivity index (χ2n) is 2.44. The van der Waals surface area contributed by atoms with Gasteiger partial charge in [-0.2, -0.15) is 5.26 Å².